The lowest BCUT2D eigenvalue weighted by molar-refractivity contribution is 0.0455. The van der Waals surface area contributed by atoms with Crippen molar-refractivity contribution >= 4 is 0 Å². The molecule has 0 aromatic rings. The van der Waals surface area contributed by atoms with Crippen LogP contribution in [-0.4, -0.2) is 37.0 Å². The van der Waals surface area contributed by atoms with Crippen LogP contribution in [0.2, 0.25) is 0 Å². The lowest BCUT2D eigenvalue weighted by Gasteiger charge is -2.25. The molecule has 2 fully saturated rings. The Hall–Kier alpha value is -0.120. The minimum Gasteiger partial charge on any atom is -0.394 e. The third-order valence-electron chi connectivity index (χ3n) is 3.83. The number of nitrogens with one attached hydrogen (secondary N) is 1. The van der Waals surface area contributed by atoms with Gasteiger partial charge in [-0.25, -0.2) is 0 Å². The van der Waals surface area contributed by atoms with Gasteiger partial charge in [-0.3, -0.25) is 0 Å². The number of aliphatic hydroxyl groups excluding tert-OH is 1. The molecule has 0 amide bonds. The Kier molecular flexibility index (Phi) is 3.65. The van der Waals surface area contributed by atoms with Crippen LogP contribution in [0, 0.1) is 11.8 Å². The number of hydrogen-bond acceptors (Lipinski definition) is 3. The van der Waals surface area contributed by atoms with Gasteiger partial charge >= 0.3 is 0 Å². The van der Waals surface area contributed by atoms with E-state index in [1.165, 1.54) is 19.3 Å². The Morgan fingerprint density at radius 3 is 2.93 bits per heavy atom. The maximum absolute atomic E-state index is 9.26. The van der Waals surface area contributed by atoms with Crippen LogP contribution in [0.5, 0.6) is 0 Å². The van der Waals surface area contributed by atoms with E-state index in [0.717, 1.165) is 38.0 Å². The molecule has 88 valence electrons. The summed E-state index contributed by atoms with van der Waals surface area (Å²) >= 11 is 0. The molecular formula is C12H23NO2. The second kappa shape index (κ2) is 4.81. The van der Waals surface area contributed by atoms with Crippen LogP contribution in [0.15, 0.2) is 0 Å². The summed E-state index contributed by atoms with van der Waals surface area (Å²) in [5, 5.41) is 12.7. The highest BCUT2D eigenvalue weighted by atomic mass is 16.5. The van der Waals surface area contributed by atoms with Crippen LogP contribution >= 0.6 is 0 Å². The zero-order chi connectivity index (χ0) is 10.7. The van der Waals surface area contributed by atoms with E-state index in [4.69, 9.17) is 4.74 Å². The minimum absolute atomic E-state index is 0.0276. The number of ether oxygens (including phenoxy) is 1. The fourth-order valence-corrected chi connectivity index (χ4v) is 2.92. The van der Waals surface area contributed by atoms with Gasteiger partial charge in [-0.05, 0) is 51.0 Å². The first-order valence-electron chi connectivity index (χ1n) is 6.15. The van der Waals surface area contributed by atoms with E-state index < -0.39 is 0 Å². The van der Waals surface area contributed by atoms with Crippen LogP contribution < -0.4 is 5.32 Å². The molecule has 0 bridgehead atoms. The quantitative estimate of drug-likeness (QED) is 0.739. The van der Waals surface area contributed by atoms with E-state index in [2.05, 4.69) is 12.2 Å². The van der Waals surface area contributed by atoms with Gasteiger partial charge in [0.15, 0.2) is 0 Å². The summed E-state index contributed by atoms with van der Waals surface area (Å²) in [6.45, 7) is 5.34. The van der Waals surface area contributed by atoms with E-state index in [9.17, 15) is 5.11 Å². The zero-order valence-corrected chi connectivity index (χ0v) is 9.67. The van der Waals surface area contributed by atoms with Crippen LogP contribution in [0.4, 0.5) is 0 Å². The third kappa shape index (κ3) is 2.92. The van der Waals surface area contributed by atoms with Crippen molar-refractivity contribution in [1.29, 1.82) is 0 Å². The molecule has 0 spiro atoms. The highest BCUT2D eigenvalue weighted by Crippen LogP contribution is 2.30. The van der Waals surface area contributed by atoms with E-state index in [1.54, 1.807) is 0 Å². The molecule has 0 aromatic carbocycles. The van der Waals surface area contributed by atoms with Crippen LogP contribution in [0.1, 0.15) is 32.6 Å². The Morgan fingerprint density at radius 2 is 2.33 bits per heavy atom. The van der Waals surface area contributed by atoms with E-state index in [0.29, 0.717) is 0 Å². The van der Waals surface area contributed by atoms with Crippen molar-refractivity contribution in [3.8, 4) is 0 Å². The van der Waals surface area contributed by atoms with Gasteiger partial charge in [0.2, 0.25) is 0 Å². The molecule has 3 unspecified atom stereocenters. The molecule has 0 aliphatic carbocycles. The summed E-state index contributed by atoms with van der Waals surface area (Å²) in [5.41, 5.74) is -0.0276. The fourth-order valence-electron chi connectivity index (χ4n) is 2.92. The Morgan fingerprint density at radius 1 is 1.47 bits per heavy atom. The summed E-state index contributed by atoms with van der Waals surface area (Å²) in [4.78, 5) is 0. The van der Waals surface area contributed by atoms with Crippen LogP contribution in [-0.2, 0) is 4.74 Å². The molecular weight excluding hydrogens is 190 g/mol. The topological polar surface area (TPSA) is 41.5 Å². The first kappa shape index (κ1) is 11.4. The van der Waals surface area contributed by atoms with Gasteiger partial charge in [-0.15, -0.1) is 0 Å². The molecule has 2 saturated heterocycles. The van der Waals surface area contributed by atoms with E-state index >= 15 is 0 Å². The highest BCUT2D eigenvalue weighted by Gasteiger charge is 2.35. The number of hydrogen-bond donors (Lipinski definition) is 2. The van der Waals surface area contributed by atoms with Crippen molar-refractivity contribution in [2.45, 2.75) is 38.1 Å². The Bertz CT molecular complexity index is 204. The first-order valence-corrected chi connectivity index (χ1v) is 6.15. The summed E-state index contributed by atoms with van der Waals surface area (Å²) in [6.07, 6.45) is 4.93. The number of aliphatic hydroxyl groups is 1. The monoisotopic (exact) mass is 213 g/mol. The summed E-state index contributed by atoms with van der Waals surface area (Å²) < 4.78 is 5.50. The van der Waals surface area contributed by atoms with Gasteiger partial charge in [0.1, 0.15) is 0 Å². The zero-order valence-electron chi connectivity index (χ0n) is 9.67. The van der Waals surface area contributed by atoms with Crippen molar-refractivity contribution in [2.75, 3.05) is 26.4 Å². The Balaban J connectivity index is 1.76. The van der Waals surface area contributed by atoms with Crippen molar-refractivity contribution in [3.63, 3.8) is 0 Å². The van der Waals surface area contributed by atoms with Crippen molar-refractivity contribution in [3.05, 3.63) is 0 Å². The predicted octanol–water partition coefficient (Wildman–Crippen LogP) is 1.16. The fraction of sp³-hybridized carbons (Fsp3) is 1.00. The average Bonchev–Trinajstić information content (AvgIpc) is 2.63. The lowest BCUT2D eigenvalue weighted by Crippen LogP contribution is -2.39. The molecule has 2 N–H and O–H groups in total. The molecule has 2 heterocycles. The van der Waals surface area contributed by atoms with Gasteiger partial charge < -0.3 is 15.2 Å². The van der Waals surface area contributed by atoms with Gasteiger partial charge in [-0.2, -0.15) is 0 Å². The SMILES string of the molecule is CC1(CO)CC(CC2CCCOC2)CN1. The maximum atomic E-state index is 9.26. The molecule has 2 rings (SSSR count). The van der Waals surface area contributed by atoms with E-state index in [-0.39, 0.29) is 12.1 Å². The molecule has 15 heavy (non-hydrogen) atoms. The summed E-state index contributed by atoms with van der Waals surface area (Å²) in [7, 11) is 0. The average molecular weight is 213 g/mol. The molecule has 3 atom stereocenters. The maximum Gasteiger partial charge on any atom is 0.0610 e. The summed E-state index contributed by atoms with van der Waals surface area (Å²) in [6, 6.07) is 0. The van der Waals surface area contributed by atoms with Crippen molar-refractivity contribution in [2.24, 2.45) is 11.8 Å². The van der Waals surface area contributed by atoms with Crippen molar-refractivity contribution in [1.82, 2.24) is 5.32 Å². The second-order valence-corrected chi connectivity index (χ2v) is 5.49. The van der Waals surface area contributed by atoms with Gasteiger partial charge in [-0.1, -0.05) is 0 Å². The second-order valence-electron chi connectivity index (χ2n) is 5.49. The molecule has 0 aromatic heterocycles. The molecule has 2 aliphatic heterocycles. The Labute approximate surface area is 92.2 Å². The summed E-state index contributed by atoms with van der Waals surface area (Å²) in [5.74, 6) is 1.49. The first-order chi connectivity index (χ1) is 7.22. The highest BCUT2D eigenvalue weighted by molar-refractivity contribution is 4.93. The van der Waals surface area contributed by atoms with Crippen LogP contribution in [0.25, 0.3) is 0 Å². The molecule has 0 radical (unpaired) electrons. The minimum atomic E-state index is -0.0276. The lowest BCUT2D eigenvalue weighted by atomic mass is 9.86. The van der Waals surface area contributed by atoms with Crippen LogP contribution in [0.3, 0.4) is 0 Å². The molecule has 3 nitrogen and oxygen atoms in total. The van der Waals surface area contributed by atoms with Gasteiger partial charge in [0.05, 0.1) is 6.61 Å². The van der Waals surface area contributed by atoms with Crippen molar-refractivity contribution < 1.29 is 9.84 Å². The smallest absolute Gasteiger partial charge is 0.0610 e. The molecule has 3 heteroatoms. The van der Waals surface area contributed by atoms with Gasteiger partial charge in [0.25, 0.3) is 0 Å². The largest absolute Gasteiger partial charge is 0.394 e. The normalized spacial score (nSPS) is 42.0. The van der Waals surface area contributed by atoms with E-state index in [1.807, 2.05) is 0 Å². The molecule has 0 saturated carbocycles. The standard InChI is InChI=1S/C12H23NO2/c1-12(9-14)6-11(7-13-12)5-10-3-2-4-15-8-10/h10-11,13-14H,2-9H2,1H3. The van der Waals surface area contributed by atoms with Gasteiger partial charge in [0, 0.05) is 18.8 Å². The number of rotatable bonds is 3. The molecule has 2 aliphatic rings. The third-order valence-corrected chi connectivity index (χ3v) is 3.83. The predicted molar refractivity (Wildman–Crippen MR) is 59.8 cm³/mol.